The number of halogens is 1. The van der Waals surface area contributed by atoms with E-state index in [-0.39, 0.29) is 19.6 Å². The predicted octanol–water partition coefficient (Wildman–Crippen LogP) is 2.84. The molecule has 1 N–H and O–H groups in total. The van der Waals surface area contributed by atoms with Crippen molar-refractivity contribution in [3.05, 3.63) is 60.2 Å². The normalized spacial score (nSPS) is 27.0. The van der Waals surface area contributed by atoms with Gasteiger partial charge in [-0.2, -0.15) is 0 Å². The summed E-state index contributed by atoms with van der Waals surface area (Å²) < 4.78 is 10.3. The van der Waals surface area contributed by atoms with Gasteiger partial charge in [0.15, 0.2) is 5.78 Å². The minimum atomic E-state index is -1.70. The number of benzene rings is 1. The smallest absolute Gasteiger partial charge is 0.317 e. The molecule has 2 rings (SSSR count). The van der Waals surface area contributed by atoms with E-state index >= 15 is 0 Å². The van der Waals surface area contributed by atoms with E-state index in [1.165, 1.54) is 19.1 Å². The average molecular weight is 407 g/mol. The Morgan fingerprint density at radius 2 is 1.71 bits per heavy atom. The molecule has 1 aliphatic carbocycles. The van der Waals surface area contributed by atoms with E-state index in [0.717, 1.165) is 0 Å². The van der Waals surface area contributed by atoms with Crippen molar-refractivity contribution >= 4 is 29.3 Å². The number of carbonyl (C=O) groups is 3. The second-order valence-corrected chi connectivity index (χ2v) is 7.31. The van der Waals surface area contributed by atoms with Crippen LogP contribution >= 0.6 is 11.6 Å². The maximum absolute atomic E-state index is 12.8. The molecule has 0 bridgehead atoms. The number of Topliss-reactive ketones (excluding diaryl/α,β-unsaturated/α-hetero) is 1. The molecule has 1 aromatic rings. The summed E-state index contributed by atoms with van der Waals surface area (Å²) >= 11 is 5.95. The molecule has 0 aliphatic heterocycles. The second-order valence-electron chi connectivity index (χ2n) is 6.87. The zero-order valence-corrected chi connectivity index (χ0v) is 16.4. The molecule has 7 heteroatoms. The highest BCUT2D eigenvalue weighted by Crippen LogP contribution is 2.46. The molecule has 0 aromatic heterocycles. The Labute approximate surface area is 168 Å². The molecule has 6 nitrogen and oxygen atoms in total. The Morgan fingerprint density at radius 1 is 1.18 bits per heavy atom. The van der Waals surface area contributed by atoms with Gasteiger partial charge in [0.05, 0.1) is 11.5 Å². The topological polar surface area (TPSA) is 89.9 Å². The number of ketones is 1. The van der Waals surface area contributed by atoms with Gasteiger partial charge in [-0.15, -0.1) is 0 Å². The van der Waals surface area contributed by atoms with Crippen LogP contribution in [0.4, 0.5) is 0 Å². The summed E-state index contributed by atoms with van der Waals surface area (Å²) in [5.41, 5.74) is -1.20. The molecule has 0 saturated heterocycles. The monoisotopic (exact) mass is 406 g/mol. The third-order valence-electron chi connectivity index (χ3n) is 4.72. The van der Waals surface area contributed by atoms with Crippen molar-refractivity contribution in [1.29, 1.82) is 0 Å². The lowest BCUT2D eigenvalue weighted by molar-refractivity contribution is -0.171. The first-order chi connectivity index (χ1) is 13.2. The van der Waals surface area contributed by atoms with E-state index in [2.05, 4.69) is 13.2 Å². The molecule has 0 radical (unpaired) electrons. The van der Waals surface area contributed by atoms with Crippen LogP contribution in [-0.2, 0) is 23.9 Å². The first-order valence-corrected chi connectivity index (χ1v) is 9.16. The third kappa shape index (κ3) is 4.69. The van der Waals surface area contributed by atoms with Crippen molar-refractivity contribution in [2.45, 2.75) is 24.9 Å². The Bertz CT molecular complexity index is 768. The van der Waals surface area contributed by atoms with E-state index in [1.807, 2.05) is 0 Å². The predicted molar refractivity (Wildman–Crippen MR) is 104 cm³/mol. The molecule has 0 heterocycles. The van der Waals surface area contributed by atoms with Gasteiger partial charge in [0.1, 0.15) is 19.1 Å². The number of carbonyl (C=O) groups excluding carboxylic acids is 3. The van der Waals surface area contributed by atoms with Crippen LogP contribution in [-0.4, -0.2) is 41.6 Å². The summed E-state index contributed by atoms with van der Waals surface area (Å²) in [5, 5.41) is 11.3. The lowest BCUT2D eigenvalue weighted by Crippen LogP contribution is -2.55. The van der Waals surface area contributed by atoms with E-state index < -0.39 is 41.1 Å². The van der Waals surface area contributed by atoms with Crippen LogP contribution in [0, 0.1) is 11.8 Å². The van der Waals surface area contributed by atoms with Gasteiger partial charge in [0, 0.05) is 17.4 Å². The number of aliphatic hydroxyl groups is 1. The van der Waals surface area contributed by atoms with Crippen LogP contribution in [0.25, 0.3) is 0 Å². The van der Waals surface area contributed by atoms with Gasteiger partial charge >= 0.3 is 11.9 Å². The van der Waals surface area contributed by atoms with Crippen molar-refractivity contribution in [2.24, 2.45) is 11.8 Å². The van der Waals surface area contributed by atoms with Crippen molar-refractivity contribution in [3.63, 3.8) is 0 Å². The molecular weight excluding hydrogens is 384 g/mol. The quantitative estimate of drug-likeness (QED) is 0.425. The maximum Gasteiger partial charge on any atom is 0.317 e. The van der Waals surface area contributed by atoms with Crippen molar-refractivity contribution in [1.82, 2.24) is 0 Å². The van der Waals surface area contributed by atoms with E-state index in [1.54, 1.807) is 24.3 Å². The number of hydrogen-bond donors (Lipinski definition) is 1. The molecule has 0 unspecified atom stereocenters. The number of hydrogen-bond acceptors (Lipinski definition) is 6. The fourth-order valence-corrected chi connectivity index (χ4v) is 3.69. The van der Waals surface area contributed by atoms with Crippen LogP contribution in [0.1, 0.15) is 24.8 Å². The van der Waals surface area contributed by atoms with Crippen molar-refractivity contribution in [3.8, 4) is 0 Å². The molecular formula is C21H23ClO6. The van der Waals surface area contributed by atoms with Crippen molar-refractivity contribution < 1.29 is 29.0 Å². The SMILES string of the molecule is C=CCOC(=O)[C@@H]1C(=O)C[C@](C)(O)[C@H](C(=O)OCC=C)[C@@H]1c1ccc(Cl)cc1. The van der Waals surface area contributed by atoms with Crippen molar-refractivity contribution in [2.75, 3.05) is 13.2 Å². The van der Waals surface area contributed by atoms with Crippen LogP contribution < -0.4 is 0 Å². The number of rotatable bonds is 7. The number of esters is 2. The Hall–Kier alpha value is -2.44. The van der Waals surface area contributed by atoms with Crippen LogP contribution in [0.5, 0.6) is 0 Å². The molecule has 0 amide bonds. The minimum absolute atomic E-state index is 0.0573. The minimum Gasteiger partial charge on any atom is -0.461 e. The lowest BCUT2D eigenvalue weighted by Gasteiger charge is -2.43. The van der Waals surface area contributed by atoms with E-state index in [9.17, 15) is 19.5 Å². The molecule has 150 valence electrons. The zero-order chi connectivity index (χ0) is 20.9. The summed E-state index contributed by atoms with van der Waals surface area (Å²) in [7, 11) is 0. The molecule has 28 heavy (non-hydrogen) atoms. The van der Waals surface area contributed by atoms with E-state index in [0.29, 0.717) is 10.6 Å². The summed E-state index contributed by atoms with van der Waals surface area (Å²) in [6, 6.07) is 6.40. The Balaban J connectivity index is 2.56. The van der Waals surface area contributed by atoms with E-state index in [4.69, 9.17) is 21.1 Å². The molecule has 1 aromatic carbocycles. The van der Waals surface area contributed by atoms with Crippen LogP contribution in [0.2, 0.25) is 5.02 Å². The number of ether oxygens (including phenoxy) is 2. The van der Waals surface area contributed by atoms with Gasteiger partial charge in [-0.1, -0.05) is 49.0 Å². The first kappa shape index (κ1) is 21.9. The zero-order valence-electron chi connectivity index (χ0n) is 15.6. The summed E-state index contributed by atoms with van der Waals surface area (Å²) in [5.74, 6) is -5.40. The summed E-state index contributed by atoms with van der Waals surface area (Å²) in [4.78, 5) is 38.2. The van der Waals surface area contributed by atoms with Crippen LogP contribution in [0.15, 0.2) is 49.6 Å². The standard InChI is InChI=1S/C21H23ClO6/c1-4-10-27-19(24)17-15(23)12-21(3,26)18(20(25)28-11-5-2)16(17)13-6-8-14(22)9-7-13/h4-9,16-18,26H,1-2,10-12H2,3H3/t16-,17-,18+,21+/m1/s1. The molecule has 0 spiro atoms. The van der Waals surface area contributed by atoms with Gasteiger partial charge in [-0.25, -0.2) is 0 Å². The highest BCUT2D eigenvalue weighted by atomic mass is 35.5. The van der Waals surface area contributed by atoms with Gasteiger partial charge < -0.3 is 14.6 Å². The third-order valence-corrected chi connectivity index (χ3v) is 4.97. The summed E-state index contributed by atoms with van der Waals surface area (Å²) in [6.45, 7) is 8.24. The highest BCUT2D eigenvalue weighted by molar-refractivity contribution is 6.30. The maximum atomic E-state index is 12.8. The largest absolute Gasteiger partial charge is 0.461 e. The second kappa shape index (κ2) is 9.17. The van der Waals surface area contributed by atoms with Gasteiger partial charge in [0.25, 0.3) is 0 Å². The van der Waals surface area contributed by atoms with Gasteiger partial charge in [0.2, 0.25) is 0 Å². The molecule has 1 saturated carbocycles. The fourth-order valence-electron chi connectivity index (χ4n) is 3.56. The van der Waals surface area contributed by atoms with Gasteiger partial charge in [-0.05, 0) is 24.6 Å². The first-order valence-electron chi connectivity index (χ1n) is 8.78. The Morgan fingerprint density at radius 3 is 2.25 bits per heavy atom. The fraction of sp³-hybridized carbons (Fsp3) is 0.381. The Kier molecular flexibility index (Phi) is 7.16. The van der Waals surface area contributed by atoms with Crippen LogP contribution in [0.3, 0.4) is 0 Å². The molecule has 4 atom stereocenters. The summed E-state index contributed by atoms with van der Waals surface area (Å²) in [6.07, 6.45) is 2.40. The highest BCUT2D eigenvalue weighted by Gasteiger charge is 2.57. The lowest BCUT2D eigenvalue weighted by atomic mass is 9.62. The van der Waals surface area contributed by atoms with Gasteiger partial charge in [-0.3, -0.25) is 14.4 Å². The molecule has 1 fully saturated rings. The molecule has 1 aliphatic rings. The average Bonchev–Trinajstić information content (AvgIpc) is 2.63.